The van der Waals surface area contributed by atoms with Gasteiger partial charge in [0.15, 0.2) is 0 Å². The van der Waals surface area contributed by atoms with Crippen molar-refractivity contribution >= 4 is 21.6 Å². The zero-order valence-electron chi connectivity index (χ0n) is 12.4. The highest BCUT2D eigenvalue weighted by Gasteiger charge is 2.18. The van der Waals surface area contributed by atoms with Crippen LogP contribution in [0.2, 0.25) is 0 Å². The Balaban J connectivity index is 1.61. The summed E-state index contributed by atoms with van der Waals surface area (Å²) in [6.07, 6.45) is 0. The first kappa shape index (κ1) is 15.1. The van der Waals surface area contributed by atoms with Gasteiger partial charge in [-0.2, -0.15) is 5.26 Å². The molecule has 1 fully saturated rings. The van der Waals surface area contributed by atoms with Crippen LogP contribution in [-0.2, 0) is 6.54 Å². The van der Waals surface area contributed by atoms with E-state index in [4.69, 9.17) is 5.26 Å². The molecule has 22 heavy (non-hydrogen) atoms. The standard InChI is InChI=1S/C18H18BrN3/c19-17-12-16(13-20)6-7-18(17)22-10-8-21(9-11-22)14-15-4-2-1-3-5-15/h1-7,12H,8-11,14H2. The SMILES string of the molecule is N#Cc1ccc(N2CCN(Cc3ccccc3)CC2)c(Br)c1. The monoisotopic (exact) mass is 355 g/mol. The van der Waals surface area contributed by atoms with Crippen molar-refractivity contribution in [1.82, 2.24) is 4.90 Å². The number of halogens is 1. The van der Waals surface area contributed by atoms with Crippen LogP contribution in [-0.4, -0.2) is 31.1 Å². The number of anilines is 1. The molecule has 0 saturated carbocycles. The van der Waals surface area contributed by atoms with Gasteiger partial charge in [0.25, 0.3) is 0 Å². The Morgan fingerprint density at radius 2 is 1.73 bits per heavy atom. The molecule has 0 N–H and O–H groups in total. The zero-order chi connectivity index (χ0) is 15.4. The molecule has 0 aromatic heterocycles. The van der Waals surface area contributed by atoms with E-state index in [-0.39, 0.29) is 0 Å². The summed E-state index contributed by atoms with van der Waals surface area (Å²) >= 11 is 3.59. The smallest absolute Gasteiger partial charge is 0.0992 e. The summed E-state index contributed by atoms with van der Waals surface area (Å²) in [7, 11) is 0. The fourth-order valence-electron chi connectivity index (χ4n) is 2.82. The van der Waals surface area contributed by atoms with E-state index in [1.165, 1.54) is 11.3 Å². The van der Waals surface area contributed by atoms with Gasteiger partial charge in [-0.25, -0.2) is 0 Å². The van der Waals surface area contributed by atoms with Gasteiger partial charge in [0.2, 0.25) is 0 Å². The topological polar surface area (TPSA) is 30.3 Å². The third kappa shape index (κ3) is 3.49. The lowest BCUT2D eigenvalue weighted by atomic mass is 10.1. The average Bonchev–Trinajstić information content (AvgIpc) is 2.56. The number of hydrogen-bond acceptors (Lipinski definition) is 3. The summed E-state index contributed by atoms with van der Waals surface area (Å²) in [6.45, 7) is 5.15. The highest BCUT2D eigenvalue weighted by atomic mass is 79.9. The molecule has 3 rings (SSSR count). The number of rotatable bonds is 3. The first-order valence-corrected chi connectivity index (χ1v) is 8.26. The van der Waals surface area contributed by atoms with Crippen LogP contribution in [0, 0.1) is 11.3 Å². The quantitative estimate of drug-likeness (QED) is 0.841. The highest BCUT2D eigenvalue weighted by molar-refractivity contribution is 9.10. The van der Waals surface area contributed by atoms with Gasteiger partial charge >= 0.3 is 0 Å². The number of nitrogens with zero attached hydrogens (tertiary/aromatic N) is 3. The Kier molecular flexibility index (Phi) is 4.77. The lowest BCUT2D eigenvalue weighted by molar-refractivity contribution is 0.250. The van der Waals surface area contributed by atoms with Crippen LogP contribution in [0.1, 0.15) is 11.1 Å². The van der Waals surface area contributed by atoms with Gasteiger partial charge in [0.1, 0.15) is 0 Å². The van der Waals surface area contributed by atoms with E-state index in [9.17, 15) is 0 Å². The summed E-state index contributed by atoms with van der Waals surface area (Å²) in [5, 5.41) is 8.95. The van der Waals surface area contributed by atoms with Gasteiger partial charge in [-0.15, -0.1) is 0 Å². The first-order chi connectivity index (χ1) is 10.8. The van der Waals surface area contributed by atoms with Crippen molar-refractivity contribution in [3.05, 3.63) is 64.1 Å². The molecular formula is C18H18BrN3. The first-order valence-electron chi connectivity index (χ1n) is 7.47. The Bertz CT molecular complexity index is 670. The number of piperazine rings is 1. The van der Waals surface area contributed by atoms with Crippen LogP contribution in [0.15, 0.2) is 53.0 Å². The van der Waals surface area contributed by atoms with Gasteiger partial charge in [-0.05, 0) is 39.7 Å². The predicted molar refractivity (Wildman–Crippen MR) is 92.8 cm³/mol. The third-order valence-corrected chi connectivity index (χ3v) is 4.67. The fourth-order valence-corrected chi connectivity index (χ4v) is 3.45. The molecule has 0 bridgehead atoms. The molecule has 0 radical (unpaired) electrons. The minimum Gasteiger partial charge on any atom is -0.368 e. The van der Waals surface area contributed by atoms with Crippen molar-refractivity contribution in [3.8, 4) is 6.07 Å². The molecule has 2 aromatic carbocycles. The Hall–Kier alpha value is -1.83. The molecule has 0 atom stereocenters. The normalized spacial score (nSPS) is 15.5. The lowest BCUT2D eigenvalue weighted by Gasteiger charge is -2.36. The van der Waals surface area contributed by atoms with Gasteiger partial charge in [0, 0.05) is 37.2 Å². The highest BCUT2D eigenvalue weighted by Crippen LogP contribution is 2.28. The lowest BCUT2D eigenvalue weighted by Crippen LogP contribution is -2.46. The second-order valence-corrected chi connectivity index (χ2v) is 6.38. The summed E-state index contributed by atoms with van der Waals surface area (Å²) < 4.78 is 1.00. The van der Waals surface area contributed by atoms with Crippen molar-refractivity contribution in [1.29, 1.82) is 5.26 Å². The maximum absolute atomic E-state index is 8.95. The zero-order valence-corrected chi connectivity index (χ0v) is 14.0. The van der Waals surface area contributed by atoms with Crippen LogP contribution in [0.5, 0.6) is 0 Å². The van der Waals surface area contributed by atoms with E-state index in [1.807, 2.05) is 18.2 Å². The van der Waals surface area contributed by atoms with E-state index >= 15 is 0 Å². The summed E-state index contributed by atoms with van der Waals surface area (Å²) in [4.78, 5) is 4.87. The van der Waals surface area contributed by atoms with E-state index in [1.54, 1.807) is 0 Å². The van der Waals surface area contributed by atoms with Crippen LogP contribution in [0.25, 0.3) is 0 Å². The minimum atomic E-state index is 0.693. The fraction of sp³-hybridized carbons (Fsp3) is 0.278. The molecule has 1 aliphatic rings. The van der Waals surface area contributed by atoms with Crippen molar-refractivity contribution in [2.45, 2.75) is 6.54 Å². The van der Waals surface area contributed by atoms with Crippen LogP contribution in [0.4, 0.5) is 5.69 Å². The second-order valence-electron chi connectivity index (χ2n) is 5.53. The molecule has 0 aliphatic carbocycles. The number of hydrogen-bond donors (Lipinski definition) is 0. The van der Waals surface area contributed by atoms with Crippen LogP contribution >= 0.6 is 15.9 Å². The molecule has 2 aromatic rings. The van der Waals surface area contributed by atoms with Crippen LogP contribution < -0.4 is 4.90 Å². The van der Waals surface area contributed by atoms with Gasteiger partial charge in [0.05, 0.1) is 17.3 Å². The molecular weight excluding hydrogens is 338 g/mol. The van der Waals surface area contributed by atoms with Crippen molar-refractivity contribution in [3.63, 3.8) is 0 Å². The van der Waals surface area contributed by atoms with Crippen molar-refractivity contribution in [2.24, 2.45) is 0 Å². The van der Waals surface area contributed by atoms with E-state index in [0.29, 0.717) is 5.56 Å². The Morgan fingerprint density at radius 1 is 1.00 bits per heavy atom. The Labute approximate surface area is 139 Å². The third-order valence-electron chi connectivity index (χ3n) is 4.04. The summed E-state index contributed by atoms with van der Waals surface area (Å²) in [5.41, 5.74) is 3.24. The molecule has 112 valence electrons. The molecule has 1 heterocycles. The molecule has 0 amide bonds. The molecule has 3 nitrogen and oxygen atoms in total. The van der Waals surface area contributed by atoms with Gasteiger partial charge in [-0.3, -0.25) is 4.90 Å². The van der Waals surface area contributed by atoms with E-state index in [2.05, 4.69) is 62.1 Å². The van der Waals surface area contributed by atoms with Crippen LogP contribution in [0.3, 0.4) is 0 Å². The van der Waals surface area contributed by atoms with E-state index < -0.39 is 0 Å². The molecule has 4 heteroatoms. The second kappa shape index (κ2) is 6.95. The Morgan fingerprint density at radius 3 is 2.36 bits per heavy atom. The number of nitriles is 1. The predicted octanol–water partition coefficient (Wildman–Crippen LogP) is 3.64. The van der Waals surface area contributed by atoms with Gasteiger partial charge in [-0.1, -0.05) is 30.3 Å². The summed E-state index contributed by atoms with van der Waals surface area (Å²) in [5.74, 6) is 0. The summed E-state index contributed by atoms with van der Waals surface area (Å²) in [6, 6.07) is 18.6. The maximum atomic E-state index is 8.95. The van der Waals surface area contributed by atoms with Gasteiger partial charge < -0.3 is 4.90 Å². The number of benzene rings is 2. The molecule has 0 spiro atoms. The molecule has 0 unspecified atom stereocenters. The minimum absolute atomic E-state index is 0.693. The van der Waals surface area contributed by atoms with E-state index in [0.717, 1.165) is 37.2 Å². The molecule has 1 aliphatic heterocycles. The maximum Gasteiger partial charge on any atom is 0.0992 e. The average molecular weight is 356 g/mol. The van der Waals surface area contributed by atoms with Crippen molar-refractivity contribution in [2.75, 3.05) is 31.1 Å². The largest absolute Gasteiger partial charge is 0.368 e. The van der Waals surface area contributed by atoms with Crippen molar-refractivity contribution < 1.29 is 0 Å². The molecule has 1 saturated heterocycles.